The summed E-state index contributed by atoms with van der Waals surface area (Å²) in [6.45, 7) is 1.33. The Kier molecular flexibility index (Phi) is 3.72. The first-order valence-electron chi connectivity index (χ1n) is 7.34. The number of ether oxygens (including phenoxy) is 2. The second-order valence-electron chi connectivity index (χ2n) is 5.43. The molecule has 0 aliphatic carbocycles. The lowest BCUT2D eigenvalue weighted by Gasteiger charge is -2.20. The molecule has 122 valence electrons. The van der Waals surface area contributed by atoms with Crippen molar-refractivity contribution < 1.29 is 13.9 Å². The summed E-state index contributed by atoms with van der Waals surface area (Å²) in [5.74, 6) is 0.918. The van der Waals surface area contributed by atoms with Crippen LogP contribution in [0.2, 0.25) is 0 Å². The van der Waals surface area contributed by atoms with Crippen LogP contribution in [0.3, 0.4) is 0 Å². The lowest BCUT2D eigenvalue weighted by atomic mass is 10.2. The van der Waals surface area contributed by atoms with Gasteiger partial charge >= 0.3 is 0 Å². The van der Waals surface area contributed by atoms with E-state index in [1.54, 1.807) is 0 Å². The highest BCUT2D eigenvalue weighted by Gasteiger charge is 2.16. The summed E-state index contributed by atoms with van der Waals surface area (Å²) in [5, 5.41) is 0.382. The standard InChI is InChI=1S/C17H12BrFN2O3/c18-13-7-16-15(23-3-4-24-16)5-10(13)8-21-9-20-14-6-11(19)1-2-12(14)17(21)22/h1-2,5-7,9H,3-4,8H2. The second-order valence-corrected chi connectivity index (χ2v) is 6.28. The number of hydrogen-bond acceptors (Lipinski definition) is 4. The fourth-order valence-corrected chi connectivity index (χ4v) is 3.10. The Morgan fingerprint density at radius 2 is 1.92 bits per heavy atom. The molecule has 0 N–H and O–H groups in total. The fourth-order valence-electron chi connectivity index (χ4n) is 2.65. The average molecular weight is 391 g/mol. The number of fused-ring (bicyclic) bond motifs is 2. The topological polar surface area (TPSA) is 53.4 Å². The van der Waals surface area contributed by atoms with Crippen LogP contribution in [-0.4, -0.2) is 22.8 Å². The maximum atomic E-state index is 13.2. The molecule has 1 aliphatic heterocycles. The smallest absolute Gasteiger partial charge is 0.261 e. The van der Waals surface area contributed by atoms with Crippen LogP contribution in [0.4, 0.5) is 4.39 Å². The molecule has 0 amide bonds. The minimum atomic E-state index is -0.415. The van der Waals surface area contributed by atoms with Gasteiger partial charge in [0.05, 0.1) is 23.8 Å². The van der Waals surface area contributed by atoms with E-state index in [0.717, 1.165) is 10.0 Å². The Morgan fingerprint density at radius 3 is 2.71 bits per heavy atom. The monoisotopic (exact) mass is 390 g/mol. The van der Waals surface area contributed by atoms with Crippen LogP contribution < -0.4 is 15.0 Å². The predicted octanol–water partition coefficient (Wildman–Crippen LogP) is 3.12. The Balaban J connectivity index is 1.76. The maximum Gasteiger partial charge on any atom is 0.261 e. The first-order chi connectivity index (χ1) is 11.6. The van der Waals surface area contributed by atoms with Crippen molar-refractivity contribution in [3.05, 3.63) is 62.9 Å². The average Bonchev–Trinajstić information content (AvgIpc) is 2.58. The van der Waals surface area contributed by atoms with Crippen molar-refractivity contribution in [1.29, 1.82) is 0 Å². The summed E-state index contributed by atoms with van der Waals surface area (Å²) in [4.78, 5) is 16.7. The molecule has 1 aromatic heterocycles. The molecule has 1 aliphatic rings. The van der Waals surface area contributed by atoms with Gasteiger partial charge in [-0.05, 0) is 29.8 Å². The molecule has 7 heteroatoms. The van der Waals surface area contributed by atoms with Gasteiger partial charge in [0.25, 0.3) is 5.56 Å². The van der Waals surface area contributed by atoms with Crippen molar-refractivity contribution in [1.82, 2.24) is 9.55 Å². The lowest BCUT2D eigenvalue weighted by molar-refractivity contribution is 0.171. The summed E-state index contributed by atoms with van der Waals surface area (Å²) in [7, 11) is 0. The van der Waals surface area contributed by atoms with Crippen LogP contribution >= 0.6 is 15.9 Å². The highest BCUT2D eigenvalue weighted by molar-refractivity contribution is 9.10. The Bertz CT molecular complexity index is 1000. The van der Waals surface area contributed by atoms with Gasteiger partial charge in [-0.3, -0.25) is 9.36 Å². The molecule has 3 aromatic rings. The number of halogens is 2. The molecular formula is C17H12BrFN2O3. The van der Waals surface area contributed by atoms with Crippen molar-refractivity contribution in [2.24, 2.45) is 0 Å². The zero-order valence-electron chi connectivity index (χ0n) is 12.5. The molecule has 5 nitrogen and oxygen atoms in total. The number of rotatable bonds is 2. The number of aromatic nitrogens is 2. The molecule has 0 saturated carbocycles. The van der Waals surface area contributed by atoms with E-state index in [9.17, 15) is 9.18 Å². The van der Waals surface area contributed by atoms with Crippen LogP contribution in [0.15, 0.2) is 45.9 Å². The lowest BCUT2D eigenvalue weighted by Crippen LogP contribution is -2.22. The number of hydrogen-bond donors (Lipinski definition) is 0. The predicted molar refractivity (Wildman–Crippen MR) is 90.2 cm³/mol. The van der Waals surface area contributed by atoms with E-state index in [-0.39, 0.29) is 5.56 Å². The van der Waals surface area contributed by atoms with E-state index < -0.39 is 5.82 Å². The molecule has 0 saturated heterocycles. The van der Waals surface area contributed by atoms with E-state index in [4.69, 9.17) is 9.47 Å². The Hall–Kier alpha value is -2.41. The van der Waals surface area contributed by atoms with Crippen LogP contribution in [-0.2, 0) is 6.54 Å². The highest BCUT2D eigenvalue weighted by atomic mass is 79.9. The van der Waals surface area contributed by atoms with Crippen LogP contribution in [0.25, 0.3) is 10.9 Å². The van der Waals surface area contributed by atoms with Gasteiger partial charge < -0.3 is 9.47 Å². The third kappa shape index (κ3) is 2.65. The van der Waals surface area contributed by atoms with Gasteiger partial charge in [-0.25, -0.2) is 9.37 Å². The molecule has 0 unspecified atom stereocenters. The van der Waals surface area contributed by atoms with Gasteiger partial charge in [-0.2, -0.15) is 0 Å². The van der Waals surface area contributed by atoms with Crippen molar-refractivity contribution in [2.75, 3.05) is 13.2 Å². The Morgan fingerprint density at radius 1 is 1.17 bits per heavy atom. The number of benzene rings is 2. The first kappa shape index (κ1) is 15.1. The molecule has 0 atom stereocenters. The van der Waals surface area contributed by atoms with Gasteiger partial charge in [0.15, 0.2) is 11.5 Å². The molecule has 0 fully saturated rings. The van der Waals surface area contributed by atoms with E-state index in [1.807, 2.05) is 12.1 Å². The summed E-state index contributed by atoms with van der Waals surface area (Å²) in [5.41, 5.74) is 0.990. The Labute approximate surface area is 144 Å². The first-order valence-corrected chi connectivity index (χ1v) is 8.14. The maximum absolute atomic E-state index is 13.2. The van der Waals surface area contributed by atoms with Crippen LogP contribution in [0, 0.1) is 5.82 Å². The SMILES string of the molecule is O=c1c2ccc(F)cc2ncn1Cc1cc2c(cc1Br)OCCO2. The number of nitrogens with zero attached hydrogens (tertiary/aromatic N) is 2. The van der Waals surface area contributed by atoms with E-state index in [0.29, 0.717) is 42.2 Å². The quantitative estimate of drug-likeness (QED) is 0.674. The highest BCUT2D eigenvalue weighted by Crippen LogP contribution is 2.35. The van der Waals surface area contributed by atoms with Gasteiger partial charge in [-0.15, -0.1) is 0 Å². The van der Waals surface area contributed by atoms with Crippen molar-refractivity contribution in [3.63, 3.8) is 0 Å². The van der Waals surface area contributed by atoms with Gasteiger partial charge in [-0.1, -0.05) is 15.9 Å². The van der Waals surface area contributed by atoms with Crippen molar-refractivity contribution >= 4 is 26.8 Å². The zero-order valence-corrected chi connectivity index (χ0v) is 14.0. The summed E-state index contributed by atoms with van der Waals surface area (Å²) < 4.78 is 26.7. The zero-order chi connectivity index (χ0) is 16.7. The van der Waals surface area contributed by atoms with Crippen LogP contribution in [0.1, 0.15) is 5.56 Å². The van der Waals surface area contributed by atoms with E-state index in [1.165, 1.54) is 29.1 Å². The molecule has 4 rings (SSSR count). The molecule has 0 spiro atoms. The molecule has 24 heavy (non-hydrogen) atoms. The largest absolute Gasteiger partial charge is 0.486 e. The van der Waals surface area contributed by atoms with Crippen LogP contribution in [0.5, 0.6) is 11.5 Å². The summed E-state index contributed by atoms with van der Waals surface area (Å²) in [6, 6.07) is 7.64. The van der Waals surface area contributed by atoms with Gasteiger partial charge in [0.1, 0.15) is 19.0 Å². The van der Waals surface area contributed by atoms with Gasteiger partial charge in [0.2, 0.25) is 0 Å². The second kappa shape index (κ2) is 5.90. The minimum absolute atomic E-state index is 0.221. The van der Waals surface area contributed by atoms with Crippen molar-refractivity contribution in [3.8, 4) is 11.5 Å². The third-order valence-electron chi connectivity index (χ3n) is 3.84. The van der Waals surface area contributed by atoms with E-state index in [2.05, 4.69) is 20.9 Å². The summed E-state index contributed by atoms with van der Waals surface area (Å²) >= 11 is 3.50. The molecule has 0 radical (unpaired) electrons. The normalized spacial score (nSPS) is 13.2. The molecule has 2 heterocycles. The summed E-state index contributed by atoms with van der Waals surface area (Å²) in [6.07, 6.45) is 1.42. The molecular weight excluding hydrogens is 379 g/mol. The third-order valence-corrected chi connectivity index (χ3v) is 4.58. The van der Waals surface area contributed by atoms with E-state index >= 15 is 0 Å². The molecule has 0 bridgehead atoms. The van der Waals surface area contributed by atoms with Gasteiger partial charge in [0, 0.05) is 10.5 Å². The molecule has 2 aromatic carbocycles. The fraction of sp³-hybridized carbons (Fsp3) is 0.176. The minimum Gasteiger partial charge on any atom is -0.486 e. The van der Waals surface area contributed by atoms with Crippen molar-refractivity contribution in [2.45, 2.75) is 6.54 Å².